The third-order valence-electron chi connectivity index (χ3n) is 4.06. The number of rotatable bonds is 4. The summed E-state index contributed by atoms with van der Waals surface area (Å²) in [5.74, 6) is 1.57. The molecule has 1 amide bonds. The van der Waals surface area contributed by atoms with Crippen LogP contribution in [0.15, 0.2) is 0 Å². The summed E-state index contributed by atoms with van der Waals surface area (Å²) in [5, 5.41) is 3.25. The zero-order valence-electron chi connectivity index (χ0n) is 13.6. The summed E-state index contributed by atoms with van der Waals surface area (Å²) in [6, 6.07) is 0.319. The van der Waals surface area contributed by atoms with E-state index in [1.807, 2.05) is 20.8 Å². The summed E-state index contributed by atoms with van der Waals surface area (Å²) >= 11 is 0. The highest BCUT2D eigenvalue weighted by atomic mass is 16.2. The molecule has 1 fully saturated rings. The Balaban J connectivity index is 2.63. The molecule has 1 saturated heterocycles. The minimum Gasteiger partial charge on any atom is -0.352 e. The summed E-state index contributed by atoms with van der Waals surface area (Å²) in [7, 11) is 0. The van der Waals surface area contributed by atoms with Crippen molar-refractivity contribution in [2.24, 2.45) is 17.3 Å². The second kappa shape index (κ2) is 6.74. The van der Waals surface area contributed by atoms with Gasteiger partial charge in [-0.3, -0.25) is 4.79 Å². The first-order chi connectivity index (χ1) is 8.74. The largest absolute Gasteiger partial charge is 0.352 e. The smallest absolute Gasteiger partial charge is 0.225 e. The molecule has 2 unspecified atom stereocenters. The molecular formula is C16H32N2O. The number of carbonyl (C=O) groups is 1. The Bertz CT molecular complexity index is 294. The number of hydrogen-bond donors (Lipinski definition) is 1. The Hall–Kier alpha value is -0.570. The summed E-state index contributed by atoms with van der Waals surface area (Å²) in [4.78, 5) is 14.7. The zero-order chi connectivity index (χ0) is 14.6. The minimum atomic E-state index is -0.291. The van der Waals surface area contributed by atoms with Crippen LogP contribution in [0.4, 0.5) is 0 Å². The van der Waals surface area contributed by atoms with E-state index < -0.39 is 0 Å². The molecule has 2 atom stereocenters. The lowest BCUT2D eigenvalue weighted by Crippen LogP contribution is -2.53. The molecule has 1 heterocycles. The number of nitrogens with one attached hydrogen (secondary N) is 1. The van der Waals surface area contributed by atoms with Crippen LogP contribution in [0.3, 0.4) is 0 Å². The molecule has 0 aliphatic carbocycles. The van der Waals surface area contributed by atoms with Crippen molar-refractivity contribution in [3.05, 3.63) is 0 Å². The Kier molecular flexibility index (Phi) is 5.84. The quantitative estimate of drug-likeness (QED) is 0.850. The van der Waals surface area contributed by atoms with Gasteiger partial charge >= 0.3 is 0 Å². The van der Waals surface area contributed by atoms with Crippen molar-refractivity contribution in [2.75, 3.05) is 19.6 Å². The van der Waals surface area contributed by atoms with Crippen molar-refractivity contribution < 1.29 is 4.79 Å². The predicted octanol–water partition coefficient (Wildman–Crippen LogP) is 2.91. The maximum atomic E-state index is 12.1. The van der Waals surface area contributed by atoms with E-state index in [-0.39, 0.29) is 11.3 Å². The van der Waals surface area contributed by atoms with E-state index >= 15 is 0 Å². The van der Waals surface area contributed by atoms with Crippen molar-refractivity contribution >= 4 is 5.91 Å². The van der Waals surface area contributed by atoms with Gasteiger partial charge in [0.2, 0.25) is 5.91 Å². The lowest BCUT2D eigenvalue weighted by atomic mass is 9.85. The lowest BCUT2D eigenvalue weighted by Gasteiger charge is -2.40. The molecule has 0 aromatic heterocycles. The van der Waals surface area contributed by atoms with Crippen LogP contribution in [0.2, 0.25) is 0 Å². The van der Waals surface area contributed by atoms with E-state index in [1.165, 1.54) is 13.0 Å². The standard InChI is InChI=1S/C16H32N2O/c1-7-8-18-10-13(12(2)3)9-14(11-18)17-15(19)16(4,5)6/h12-14H,7-11H2,1-6H3,(H,17,19). The number of carbonyl (C=O) groups excluding carboxylic acids is 1. The van der Waals surface area contributed by atoms with Gasteiger partial charge in [0.05, 0.1) is 0 Å². The van der Waals surface area contributed by atoms with Crippen LogP contribution in [0.25, 0.3) is 0 Å². The molecule has 1 aliphatic rings. The zero-order valence-corrected chi connectivity index (χ0v) is 13.6. The Morgan fingerprint density at radius 1 is 1.32 bits per heavy atom. The van der Waals surface area contributed by atoms with Gasteiger partial charge in [-0.25, -0.2) is 0 Å². The number of nitrogens with zero attached hydrogens (tertiary/aromatic N) is 1. The van der Waals surface area contributed by atoms with Gasteiger partial charge in [0.1, 0.15) is 0 Å². The normalized spacial score (nSPS) is 25.6. The number of amides is 1. The molecule has 19 heavy (non-hydrogen) atoms. The molecule has 112 valence electrons. The van der Waals surface area contributed by atoms with Crippen molar-refractivity contribution in [2.45, 2.75) is 60.4 Å². The molecule has 0 spiro atoms. The van der Waals surface area contributed by atoms with Crippen molar-refractivity contribution in [1.29, 1.82) is 0 Å². The SMILES string of the molecule is CCCN1CC(NC(=O)C(C)(C)C)CC(C(C)C)C1. The molecule has 1 rings (SSSR count). The van der Waals surface area contributed by atoms with E-state index in [1.54, 1.807) is 0 Å². The third-order valence-corrected chi connectivity index (χ3v) is 4.06. The first-order valence-electron chi connectivity index (χ1n) is 7.77. The van der Waals surface area contributed by atoms with E-state index in [0.717, 1.165) is 19.5 Å². The van der Waals surface area contributed by atoms with Gasteiger partial charge in [-0.2, -0.15) is 0 Å². The highest BCUT2D eigenvalue weighted by Crippen LogP contribution is 2.25. The lowest BCUT2D eigenvalue weighted by molar-refractivity contribution is -0.129. The maximum absolute atomic E-state index is 12.1. The topological polar surface area (TPSA) is 32.3 Å². The van der Waals surface area contributed by atoms with Gasteiger partial charge < -0.3 is 10.2 Å². The fourth-order valence-electron chi connectivity index (χ4n) is 2.72. The highest BCUT2D eigenvalue weighted by Gasteiger charge is 2.31. The monoisotopic (exact) mass is 268 g/mol. The van der Waals surface area contributed by atoms with Gasteiger partial charge in [-0.1, -0.05) is 41.5 Å². The van der Waals surface area contributed by atoms with Crippen LogP contribution in [-0.4, -0.2) is 36.5 Å². The minimum absolute atomic E-state index is 0.179. The van der Waals surface area contributed by atoms with E-state index in [9.17, 15) is 4.79 Å². The second-order valence-electron chi connectivity index (χ2n) is 7.42. The third kappa shape index (κ3) is 5.13. The molecular weight excluding hydrogens is 236 g/mol. The van der Waals surface area contributed by atoms with Crippen molar-refractivity contribution in [1.82, 2.24) is 10.2 Å². The first kappa shape index (κ1) is 16.5. The molecule has 0 bridgehead atoms. The number of likely N-dealkylation sites (tertiary alicyclic amines) is 1. The predicted molar refractivity (Wildman–Crippen MR) is 81.1 cm³/mol. The fraction of sp³-hybridized carbons (Fsp3) is 0.938. The fourth-order valence-corrected chi connectivity index (χ4v) is 2.72. The van der Waals surface area contributed by atoms with Crippen LogP contribution in [-0.2, 0) is 4.79 Å². The van der Waals surface area contributed by atoms with Crippen LogP contribution in [0, 0.1) is 17.3 Å². The van der Waals surface area contributed by atoms with Gasteiger partial charge in [-0.15, -0.1) is 0 Å². The van der Waals surface area contributed by atoms with Crippen LogP contribution in [0.5, 0.6) is 0 Å². The number of piperidine rings is 1. The van der Waals surface area contributed by atoms with E-state index in [0.29, 0.717) is 17.9 Å². The second-order valence-corrected chi connectivity index (χ2v) is 7.42. The van der Waals surface area contributed by atoms with Gasteiger partial charge in [0, 0.05) is 24.5 Å². The molecule has 0 radical (unpaired) electrons. The Morgan fingerprint density at radius 2 is 1.95 bits per heavy atom. The summed E-state index contributed by atoms with van der Waals surface area (Å²) in [6.07, 6.45) is 2.31. The van der Waals surface area contributed by atoms with Gasteiger partial charge in [0.15, 0.2) is 0 Å². The van der Waals surface area contributed by atoms with Crippen molar-refractivity contribution in [3.63, 3.8) is 0 Å². The first-order valence-corrected chi connectivity index (χ1v) is 7.77. The number of hydrogen-bond acceptors (Lipinski definition) is 2. The van der Waals surface area contributed by atoms with Gasteiger partial charge in [-0.05, 0) is 31.2 Å². The average Bonchev–Trinajstić information content (AvgIpc) is 2.27. The molecule has 0 saturated carbocycles. The van der Waals surface area contributed by atoms with E-state index in [4.69, 9.17) is 0 Å². The highest BCUT2D eigenvalue weighted by molar-refractivity contribution is 5.81. The summed E-state index contributed by atoms with van der Waals surface area (Å²) in [6.45, 7) is 16.1. The summed E-state index contributed by atoms with van der Waals surface area (Å²) in [5.41, 5.74) is -0.291. The molecule has 1 N–H and O–H groups in total. The molecule has 3 heteroatoms. The Labute approximate surface area is 119 Å². The van der Waals surface area contributed by atoms with Crippen LogP contribution >= 0.6 is 0 Å². The van der Waals surface area contributed by atoms with E-state index in [2.05, 4.69) is 31.0 Å². The maximum Gasteiger partial charge on any atom is 0.225 e. The average molecular weight is 268 g/mol. The van der Waals surface area contributed by atoms with Crippen LogP contribution in [0.1, 0.15) is 54.4 Å². The van der Waals surface area contributed by atoms with Gasteiger partial charge in [0.25, 0.3) is 0 Å². The molecule has 1 aliphatic heterocycles. The molecule has 3 nitrogen and oxygen atoms in total. The van der Waals surface area contributed by atoms with Crippen molar-refractivity contribution in [3.8, 4) is 0 Å². The summed E-state index contributed by atoms with van der Waals surface area (Å²) < 4.78 is 0. The van der Waals surface area contributed by atoms with Crippen LogP contribution < -0.4 is 5.32 Å². The molecule has 0 aromatic rings. The Morgan fingerprint density at radius 3 is 2.42 bits per heavy atom. The molecule has 0 aromatic carbocycles.